The average Bonchev–Trinajstić information content (AvgIpc) is 2.29. The topological polar surface area (TPSA) is 73.0 Å². The quantitative estimate of drug-likeness (QED) is 0.541. The molecule has 0 unspecified atom stereocenters. The Morgan fingerprint density at radius 3 is 2.29 bits per heavy atom. The molecule has 1 heterocycles. The smallest absolute Gasteiger partial charge is 0.0793 e. The number of nitrogens with zero attached hydrogens (tertiary/aromatic N) is 2. The number of aliphatic hydroxyl groups is 2. The lowest BCUT2D eigenvalue weighted by Gasteiger charge is -2.30. The highest BCUT2D eigenvalue weighted by Gasteiger charge is 2.16. The van der Waals surface area contributed by atoms with E-state index in [4.69, 9.17) is 5.73 Å². The molecule has 2 atom stereocenters. The second kappa shape index (κ2) is 8.00. The molecular formula is C12H27N3O2. The predicted molar refractivity (Wildman–Crippen MR) is 68.9 cm³/mol. The lowest BCUT2D eigenvalue weighted by atomic mass is 10.1. The van der Waals surface area contributed by atoms with Crippen molar-refractivity contribution in [3.63, 3.8) is 0 Å². The summed E-state index contributed by atoms with van der Waals surface area (Å²) in [6, 6.07) is 0. The summed E-state index contributed by atoms with van der Waals surface area (Å²) in [6.45, 7) is 4.33. The zero-order chi connectivity index (χ0) is 12.7. The zero-order valence-corrected chi connectivity index (χ0v) is 10.9. The van der Waals surface area contributed by atoms with Gasteiger partial charge in [0.25, 0.3) is 0 Å². The van der Waals surface area contributed by atoms with Crippen molar-refractivity contribution >= 4 is 0 Å². The molecule has 0 saturated carbocycles. The minimum absolute atomic E-state index is 0.270. The molecule has 102 valence electrons. The van der Waals surface area contributed by atoms with E-state index in [-0.39, 0.29) is 12.6 Å². The first kappa shape index (κ1) is 14.9. The molecule has 0 spiro atoms. The summed E-state index contributed by atoms with van der Waals surface area (Å²) in [5, 5.41) is 19.4. The van der Waals surface area contributed by atoms with E-state index in [2.05, 4.69) is 4.90 Å². The zero-order valence-electron chi connectivity index (χ0n) is 10.9. The van der Waals surface area contributed by atoms with Crippen LogP contribution in [0.5, 0.6) is 0 Å². The number of hydrogen-bond donors (Lipinski definition) is 3. The third-order valence-electron chi connectivity index (χ3n) is 3.23. The Kier molecular flexibility index (Phi) is 6.99. The molecule has 0 aromatic carbocycles. The molecule has 1 fully saturated rings. The summed E-state index contributed by atoms with van der Waals surface area (Å²) in [6.07, 6.45) is 2.96. The number of β-amino-alcohol motifs (C(OH)–C–C–N with tert-alkyl or cyclic N) is 1. The summed E-state index contributed by atoms with van der Waals surface area (Å²) in [5.41, 5.74) is 5.35. The average molecular weight is 245 g/mol. The first-order chi connectivity index (χ1) is 8.11. The maximum absolute atomic E-state index is 9.96. The van der Waals surface area contributed by atoms with Crippen LogP contribution in [0, 0.1) is 0 Å². The van der Waals surface area contributed by atoms with Crippen molar-refractivity contribution in [2.45, 2.75) is 31.5 Å². The minimum Gasteiger partial charge on any atom is -0.390 e. The standard InChI is InChI=1S/C12H27N3O2/c1-14(8-11(16)7-13)9-12(17)10-15-5-3-2-4-6-15/h11-12,16-17H,2-10,13H2,1H3/t11-,12+/m1/s1. The molecule has 1 aliphatic rings. The van der Waals surface area contributed by atoms with Gasteiger partial charge in [0.15, 0.2) is 0 Å². The Balaban J connectivity index is 2.16. The van der Waals surface area contributed by atoms with E-state index < -0.39 is 6.10 Å². The molecule has 0 aromatic rings. The van der Waals surface area contributed by atoms with Crippen LogP contribution in [0.2, 0.25) is 0 Å². The number of likely N-dealkylation sites (tertiary alicyclic amines) is 1. The number of rotatable bonds is 7. The van der Waals surface area contributed by atoms with Crippen LogP contribution in [0.3, 0.4) is 0 Å². The van der Waals surface area contributed by atoms with Crippen LogP contribution in [0.4, 0.5) is 0 Å². The highest BCUT2D eigenvalue weighted by Crippen LogP contribution is 2.09. The van der Waals surface area contributed by atoms with Gasteiger partial charge in [-0.15, -0.1) is 0 Å². The molecule has 1 saturated heterocycles. The van der Waals surface area contributed by atoms with Gasteiger partial charge >= 0.3 is 0 Å². The lowest BCUT2D eigenvalue weighted by molar-refractivity contribution is 0.0576. The number of piperidine rings is 1. The lowest BCUT2D eigenvalue weighted by Crippen LogP contribution is -2.43. The van der Waals surface area contributed by atoms with E-state index in [0.717, 1.165) is 19.6 Å². The van der Waals surface area contributed by atoms with Crippen LogP contribution in [0.25, 0.3) is 0 Å². The van der Waals surface area contributed by atoms with Gasteiger partial charge in [0.1, 0.15) is 0 Å². The molecule has 0 bridgehead atoms. The van der Waals surface area contributed by atoms with E-state index in [9.17, 15) is 10.2 Å². The van der Waals surface area contributed by atoms with Gasteiger partial charge in [0.05, 0.1) is 12.2 Å². The summed E-state index contributed by atoms with van der Waals surface area (Å²) in [4.78, 5) is 4.26. The van der Waals surface area contributed by atoms with Crippen molar-refractivity contribution in [2.24, 2.45) is 5.73 Å². The van der Waals surface area contributed by atoms with Crippen LogP contribution in [-0.2, 0) is 0 Å². The molecule has 0 aliphatic carbocycles. The van der Waals surface area contributed by atoms with Crippen LogP contribution in [0.1, 0.15) is 19.3 Å². The summed E-state index contributed by atoms with van der Waals surface area (Å²) >= 11 is 0. The van der Waals surface area contributed by atoms with Crippen molar-refractivity contribution in [3.05, 3.63) is 0 Å². The van der Waals surface area contributed by atoms with Gasteiger partial charge in [0, 0.05) is 26.2 Å². The van der Waals surface area contributed by atoms with Crippen LogP contribution >= 0.6 is 0 Å². The van der Waals surface area contributed by atoms with Crippen molar-refractivity contribution in [2.75, 3.05) is 46.3 Å². The molecule has 5 heteroatoms. The Morgan fingerprint density at radius 1 is 1.12 bits per heavy atom. The molecular weight excluding hydrogens is 218 g/mol. The maximum Gasteiger partial charge on any atom is 0.0793 e. The maximum atomic E-state index is 9.96. The number of aliphatic hydroxyl groups excluding tert-OH is 2. The molecule has 1 aliphatic heterocycles. The monoisotopic (exact) mass is 245 g/mol. The van der Waals surface area contributed by atoms with E-state index in [1.807, 2.05) is 11.9 Å². The van der Waals surface area contributed by atoms with Crippen molar-refractivity contribution in [1.82, 2.24) is 9.80 Å². The molecule has 4 N–H and O–H groups in total. The molecule has 0 amide bonds. The van der Waals surface area contributed by atoms with Gasteiger partial charge in [0.2, 0.25) is 0 Å². The molecule has 0 radical (unpaired) electrons. The van der Waals surface area contributed by atoms with E-state index in [0.29, 0.717) is 13.1 Å². The number of nitrogens with two attached hydrogens (primary N) is 1. The summed E-state index contributed by atoms with van der Waals surface area (Å²) in [5.74, 6) is 0. The first-order valence-electron chi connectivity index (χ1n) is 6.59. The molecule has 5 nitrogen and oxygen atoms in total. The Labute approximate surface area is 104 Å². The van der Waals surface area contributed by atoms with Gasteiger partial charge in [-0.1, -0.05) is 6.42 Å². The largest absolute Gasteiger partial charge is 0.390 e. The summed E-state index contributed by atoms with van der Waals surface area (Å²) < 4.78 is 0. The van der Waals surface area contributed by atoms with Gasteiger partial charge in [-0.3, -0.25) is 0 Å². The minimum atomic E-state index is -0.498. The first-order valence-corrected chi connectivity index (χ1v) is 6.59. The van der Waals surface area contributed by atoms with Crippen molar-refractivity contribution in [1.29, 1.82) is 0 Å². The van der Waals surface area contributed by atoms with E-state index in [1.54, 1.807) is 0 Å². The molecule has 1 rings (SSSR count). The van der Waals surface area contributed by atoms with Gasteiger partial charge < -0.3 is 25.7 Å². The SMILES string of the molecule is CN(C[C@H](O)CN)C[C@H](O)CN1CCCCC1. The Hall–Kier alpha value is -0.200. The van der Waals surface area contributed by atoms with Crippen molar-refractivity contribution < 1.29 is 10.2 Å². The Bertz CT molecular complexity index is 198. The van der Waals surface area contributed by atoms with Crippen molar-refractivity contribution in [3.8, 4) is 0 Å². The predicted octanol–water partition coefficient (Wildman–Crippen LogP) is -0.915. The van der Waals surface area contributed by atoms with Gasteiger partial charge in [-0.25, -0.2) is 0 Å². The molecule has 0 aromatic heterocycles. The fraction of sp³-hybridized carbons (Fsp3) is 1.00. The van der Waals surface area contributed by atoms with Crippen LogP contribution < -0.4 is 5.73 Å². The van der Waals surface area contributed by atoms with Gasteiger partial charge in [-0.05, 0) is 33.0 Å². The second-order valence-electron chi connectivity index (χ2n) is 5.13. The summed E-state index contributed by atoms with van der Waals surface area (Å²) in [7, 11) is 1.90. The van der Waals surface area contributed by atoms with E-state index in [1.165, 1.54) is 19.3 Å². The number of likely N-dealkylation sites (N-methyl/N-ethyl adjacent to an activating group) is 1. The fourth-order valence-corrected chi connectivity index (χ4v) is 2.37. The molecule has 17 heavy (non-hydrogen) atoms. The Morgan fingerprint density at radius 2 is 1.71 bits per heavy atom. The number of hydrogen-bond acceptors (Lipinski definition) is 5. The third kappa shape index (κ3) is 6.33. The third-order valence-corrected chi connectivity index (χ3v) is 3.23. The highest BCUT2D eigenvalue weighted by atomic mass is 16.3. The van der Waals surface area contributed by atoms with Crippen LogP contribution in [-0.4, -0.2) is 78.5 Å². The van der Waals surface area contributed by atoms with E-state index >= 15 is 0 Å². The second-order valence-corrected chi connectivity index (χ2v) is 5.13. The normalized spacial score (nSPS) is 21.7. The highest BCUT2D eigenvalue weighted by molar-refractivity contribution is 4.72. The van der Waals surface area contributed by atoms with Gasteiger partial charge in [-0.2, -0.15) is 0 Å². The fourth-order valence-electron chi connectivity index (χ4n) is 2.37. The van der Waals surface area contributed by atoms with Crippen LogP contribution in [0.15, 0.2) is 0 Å².